The molecule has 2 rings (SSSR count). The quantitative estimate of drug-likeness (QED) is 0.498. The fraction of sp³-hybridized carbons (Fsp3) is 0.364. The number of rotatable bonds is 7. The molecular weight excluding hydrogens is 456 g/mol. The van der Waals surface area contributed by atoms with Crippen molar-refractivity contribution >= 4 is 50.7 Å². The van der Waals surface area contributed by atoms with Crippen molar-refractivity contribution in [3.63, 3.8) is 0 Å². The molecule has 7 heteroatoms. The van der Waals surface area contributed by atoms with Gasteiger partial charge in [0.2, 0.25) is 5.91 Å². The highest BCUT2D eigenvalue weighted by atomic mass is 79.9. The van der Waals surface area contributed by atoms with Gasteiger partial charge in [0.15, 0.2) is 6.61 Å². The molecule has 2 aromatic rings. The Hall–Kier alpha value is -2.05. The van der Waals surface area contributed by atoms with E-state index in [-0.39, 0.29) is 23.8 Å². The molecule has 0 aliphatic rings. The van der Waals surface area contributed by atoms with E-state index >= 15 is 0 Å². The highest BCUT2D eigenvalue weighted by Crippen LogP contribution is 2.31. The van der Waals surface area contributed by atoms with Gasteiger partial charge >= 0.3 is 0 Å². The molecule has 2 N–H and O–H groups in total. The second-order valence-electron chi connectivity index (χ2n) is 7.72. The second-order valence-corrected chi connectivity index (χ2v) is 8.99. The van der Waals surface area contributed by atoms with Crippen molar-refractivity contribution in [2.75, 3.05) is 17.2 Å². The summed E-state index contributed by atoms with van der Waals surface area (Å²) >= 11 is 9.66. The van der Waals surface area contributed by atoms with Gasteiger partial charge in [0.1, 0.15) is 5.75 Å². The molecule has 0 radical (unpaired) electrons. The minimum Gasteiger partial charge on any atom is -0.483 e. The zero-order valence-electron chi connectivity index (χ0n) is 17.1. The van der Waals surface area contributed by atoms with E-state index < -0.39 is 0 Å². The maximum atomic E-state index is 12.3. The summed E-state index contributed by atoms with van der Waals surface area (Å²) in [7, 11) is 0. The number of nitrogens with one attached hydrogen (secondary N) is 2. The smallest absolute Gasteiger partial charge is 0.262 e. The summed E-state index contributed by atoms with van der Waals surface area (Å²) < 4.78 is 6.42. The molecule has 156 valence electrons. The highest BCUT2D eigenvalue weighted by Gasteiger charge is 2.16. The Balaban J connectivity index is 2.00. The molecule has 0 aliphatic heterocycles. The monoisotopic (exact) mass is 480 g/mol. The molecule has 0 bridgehead atoms. The van der Waals surface area contributed by atoms with Crippen molar-refractivity contribution in [3.8, 4) is 5.75 Å². The maximum absolute atomic E-state index is 12.3. The molecule has 0 unspecified atom stereocenters. The van der Waals surface area contributed by atoms with Crippen LogP contribution in [0.1, 0.15) is 46.1 Å². The van der Waals surface area contributed by atoms with E-state index in [1.165, 1.54) is 0 Å². The minimum atomic E-state index is -0.351. The molecule has 0 spiro atoms. The zero-order valence-corrected chi connectivity index (χ0v) is 19.4. The number of anilines is 2. The first kappa shape index (κ1) is 23.2. The van der Waals surface area contributed by atoms with Crippen LogP contribution in [0, 0.1) is 0 Å². The van der Waals surface area contributed by atoms with E-state index in [2.05, 4.69) is 47.3 Å². The first-order chi connectivity index (χ1) is 13.6. The van der Waals surface area contributed by atoms with E-state index in [9.17, 15) is 9.59 Å². The molecule has 29 heavy (non-hydrogen) atoms. The Bertz CT molecular complexity index is 894. The summed E-state index contributed by atoms with van der Waals surface area (Å²) in [4.78, 5) is 24.1. The molecule has 0 saturated heterocycles. The van der Waals surface area contributed by atoms with Crippen molar-refractivity contribution < 1.29 is 14.3 Å². The third kappa shape index (κ3) is 7.05. The van der Waals surface area contributed by atoms with E-state index in [4.69, 9.17) is 16.3 Å². The fourth-order valence-corrected chi connectivity index (χ4v) is 3.22. The van der Waals surface area contributed by atoms with Crippen LogP contribution in [0.15, 0.2) is 40.9 Å². The lowest BCUT2D eigenvalue weighted by Gasteiger charge is -2.20. The van der Waals surface area contributed by atoms with Crippen molar-refractivity contribution in [1.29, 1.82) is 0 Å². The van der Waals surface area contributed by atoms with E-state index in [1.807, 2.05) is 25.1 Å². The lowest BCUT2D eigenvalue weighted by atomic mass is 9.87. The second kappa shape index (κ2) is 10.1. The van der Waals surface area contributed by atoms with Crippen LogP contribution in [0.3, 0.4) is 0 Å². The zero-order chi connectivity index (χ0) is 21.6. The Morgan fingerprint density at radius 2 is 1.79 bits per heavy atom. The number of hydrogen-bond acceptors (Lipinski definition) is 3. The van der Waals surface area contributed by atoms with Crippen LogP contribution in [0.25, 0.3) is 0 Å². The van der Waals surface area contributed by atoms with E-state index in [1.54, 1.807) is 18.2 Å². The van der Waals surface area contributed by atoms with E-state index in [0.717, 1.165) is 16.5 Å². The Morgan fingerprint density at radius 1 is 1.07 bits per heavy atom. The fourth-order valence-electron chi connectivity index (χ4n) is 2.56. The minimum absolute atomic E-state index is 0.0206. The Morgan fingerprint density at radius 3 is 2.41 bits per heavy atom. The SMILES string of the molecule is CCCC(=O)Nc1ccc(Cl)c(NC(=O)COc2ccc(C(C)(C)C)cc2Br)c1. The van der Waals surface area contributed by atoms with Gasteiger partial charge in [0.25, 0.3) is 5.91 Å². The summed E-state index contributed by atoms with van der Waals surface area (Å²) in [6.07, 6.45) is 1.19. The van der Waals surface area contributed by atoms with Gasteiger partial charge in [-0.05, 0) is 63.7 Å². The molecule has 0 saturated carbocycles. The molecular formula is C22H26BrClN2O3. The molecule has 2 amide bonds. The van der Waals surface area contributed by atoms with Gasteiger partial charge in [-0.2, -0.15) is 0 Å². The lowest BCUT2D eigenvalue weighted by molar-refractivity contribution is -0.118. The Labute approximate surface area is 185 Å². The van der Waals surface area contributed by atoms with Crippen molar-refractivity contribution in [2.45, 2.75) is 46.0 Å². The van der Waals surface area contributed by atoms with E-state index in [0.29, 0.717) is 28.6 Å². The van der Waals surface area contributed by atoms with Crippen LogP contribution >= 0.6 is 27.5 Å². The summed E-state index contributed by atoms with van der Waals surface area (Å²) in [6.45, 7) is 8.15. The van der Waals surface area contributed by atoms with Crippen LogP contribution in [0.4, 0.5) is 11.4 Å². The maximum Gasteiger partial charge on any atom is 0.262 e. The summed E-state index contributed by atoms with van der Waals surface area (Å²) in [5, 5.41) is 5.88. The molecule has 5 nitrogen and oxygen atoms in total. The first-order valence-corrected chi connectivity index (χ1v) is 10.6. The van der Waals surface area contributed by atoms with Gasteiger partial charge in [-0.15, -0.1) is 0 Å². The molecule has 2 aromatic carbocycles. The number of ether oxygens (including phenoxy) is 1. The number of halogens is 2. The van der Waals surface area contributed by atoms with Crippen LogP contribution in [-0.4, -0.2) is 18.4 Å². The predicted molar refractivity (Wildman–Crippen MR) is 122 cm³/mol. The number of carbonyl (C=O) groups excluding carboxylic acids is 2. The Kier molecular flexibility index (Phi) is 8.11. The molecule has 0 atom stereocenters. The lowest BCUT2D eigenvalue weighted by Crippen LogP contribution is -2.21. The molecule has 0 heterocycles. The normalized spacial score (nSPS) is 11.1. The largest absolute Gasteiger partial charge is 0.483 e. The van der Waals surface area contributed by atoms with Gasteiger partial charge in [-0.25, -0.2) is 0 Å². The standard InChI is InChI=1S/C22H26BrClN2O3/c1-5-6-20(27)25-15-8-9-17(24)18(12-15)26-21(28)13-29-19-10-7-14(11-16(19)23)22(2,3)4/h7-12H,5-6,13H2,1-4H3,(H,25,27)(H,26,28). The first-order valence-electron chi connectivity index (χ1n) is 9.42. The average molecular weight is 482 g/mol. The summed E-state index contributed by atoms with van der Waals surface area (Å²) in [5.74, 6) is 0.148. The third-order valence-corrected chi connectivity index (χ3v) is 5.11. The molecule has 0 fully saturated rings. The van der Waals surface area contributed by atoms with Gasteiger partial charge in [0, 0.05) is 12.1 Å². The highest BCUT2D eigenvalue weighted by molar-refractivity contribution is 9.10. The van der Waals surface area contributed by atoms with Crippen LogP contribution in [0.2, 0.25) is 5.02 Å². The van der Waals surface area contributed by atoms with Crippen molar-refractivity contribution in [2.24, 2.45) is 0 Å². The van der Waals surface area contributed by atoms with Crippen LogP contribution < -0.4 is 15.4 Å². The molecule has 0 aliphatic carbocycles. The van der Waals surface area contributed by atoms with Gasteiger partial charge < -0.3 is 15.4 Å². The van der Waals surface area contributed by atoms with Gasteiger partial charge in [-0.3, -0.25) is 9.59 Å². The number of amides is 2. The van der Waals surface area contributed by atoms with Crippen LogP contribution in [-0.2, 0) is 15.0 Å². The predicted octanol–water partition coefficient (Wildman–Crippen LogP) is 6.16. The summed E-state index contributed by atoms with van der Waals surface area (Å²) in [6, 6.07) is 10.8. The van der Waals surface area contributed by atoms with Gasteiger partial charge in [-0.1, -0.05) is 45.4 Å². The van der Waals surface area contributed by atoms with Crippen molar-refractivity contribution in [3.05, 3.63) is 51.5 Å². The number of hydrogen-bond donors (Lipinski definition) is 2. The third-order valence-electron chi connectivity index (χ3n) is 4.16. The summed E-state index contributed by atoms with van der Waals surface area (Å²) in [5.41, 5.74) is 2.17. The van der Waals surface area contributed by atoms with Crippen LogP contribution in [0.5, 0.6) is 5.75 Å². The number of carbonyl (C=O) groups is 2. The number of benzene rings is 2. The van der Waals surface area contributed by atoms with Gasteiger partial charge in [0.05, 0.1) is 15.2 Å². The topological polar surface area (TPSA) is 67.4 Å². The van der Waals surface area contributed by atoms with Crippen molar-refractivity contribution in [1.82, 2.24) is 0 Å². The average Bonchev–Trinajstić information content (AvgIpc) is 2.63. The molecule has 0 aromatic heterocycles.